The lowest BCUT2D eigenvalue weighted by molar-refractivity contribution is -0.132. The van der Waals surface area contributed by atoms with Crippen LogP contribution in [-0.2, 0) is 29.0 Å². The molecule has 0 bridgehead atoms. The molecule has 1 aliphatic rings. The Morgan fingerprint density at radius 1 is 1.31 bits per heavy atom. The Hall–Kier alpha value is -3.01. The smallest absolute Gasteiger partial charge is 0.254 e. The van der Waals surface area contributed by atoms with Gasteiger partial charge in [0.05, 0.1) is 6.42 Å². The van der Waals surface area contributed by atoms with E-state index in [0.29, 0.717) is 31.0 Å². The van der Waals surface area contributed by atoms with Gasteiger partial charge in [-0.3, -0.25) is 9.59 Å². The largest absolute Gasteiger partial charge is 0.366 e. The maximum Gasteiger partial charge on any atom is 0.254 e. The first-order valence-electron chi connectivity index (χ1n) is 9.50. The molecule has 3 N–H and O–H groups in total. The average molecular weight is 414 g/mol. The van der Waals surface area contributed by atoms with Crippen molar-refractivity contribution in [2.45, 2.75) is 39.7 Å². The fraction of sp³-hybridized carbons (Fsp3) is 0.421. The van der Waals surface area contributed by atoms with Crippen LogP contribution in [0.5, 0.6) is 0 Å². The van der Waals surface area contributed by atoms with Crippen molar-refractivity contribution in [3.8, 4) is 0 Å². The van der Waals surface area contributed by atoms with Gasteiger partial charge in [0.25, 0.3) is 5.78 Å². The van der Waals surface area contributed by atoms with Crippen LogP contribution in [-0.4, -0.2) is 49.4 Å². The third kappa shape index (κ3) is 3.93. The lowest BCUT2D eigenvalue weighted by atomic mass is 10.1. The number of hydrogen-bond acceptors (Lipinski definition) is 7. The summed E-state index contributed by atoms with van der Waals surface area (Å²) < 4.78 is 1.55. The maximum atomic E-state index is 12.5. The molecule has 0 unspecified atom stereocenters. The van der Waals surface area contributed by atoms with E-state index in [1.165, 1.54) is 10.4 Å². The van der Waals surface area contributed by atoms with Crippen LogP contribution in [0.15, 0.2) is 11.4 Å². The number of rotatable bonds is 5. The Bertz CT molecular complexity index is 1090. The molecule has 0 aliphatic carbocycles. The summed E-state index contributed by atoms with van der Waals surface area (Å²) in [5.74, 6) is 0.475. The molecule has 0 spiro atoms. The van der Waals surface area contributed by atoms with E-state index >= 15 is 0 Å². The van der Waals surface area contributed by atoms with Crippen LogP contribution < -0.4 is 11.1 Å². The topological polar surface area (TPSA) is 119 Å². The number of aromatic nitrogens is 4. The van der Waals surface area contributed by atoms with Crippen LogP contribution in [0.4, 0.5) is 5.95 Å². The van der Waals surface area contributed by atoms with Crippen molar-refractivity contribution >= 4 is 34.9 Å². The van der Waals surface area contributed by atoms with Gasteiger partial charge < -0.3 is 16.0 Å². The molecule has 9 nitrogen and oxygen atoms in total. The minimum Gasteiger partial charge on any atom is -0.366 e. The lowest BCUT2D eigenvalue weighted by Crippen LogP contribution is -2.37. The summed E-state index contributed by atoms with van der Waals surface area (Å²) in [6.07, 6.45) is 1.36. The van der Waals surface area contributed by atoms with Gasteiger partial charge in [0, 0.05) is 47.9 Å². The average Bonchev–Trinajstić information content (AvgIpc) is 3.30. The van der Waals surface area contributed by atoms with Gasteiger partial charge >= 0.3 is 0 Å². The molecule has 0 atom stereocenters. The number of amides is 2. The van der Waals surface area contributed by atoms with Gasteiger partial charge in [0.15, 0.2) is 0 Å². The van der Waals surface area contributed by atoms with Crippen molar-refractivity contribution in [3.63, 3.8) is 0 Å². The minimum absolute atomic E-state index is 0.0655. The molecule has 0 saturated heterocycles. The molecular formula is C19H23N7O2S. The molecule has 0 fully saturated rings. The first-order valence-corrected chi connectivity index (χ1v) is 10.4. The van der Waals surface area contributed by atoms with E-state index in [-0.39, 0.29) is 24.2 Å². The quantitative estimate of drug-likeness (QED) is 0.645. The number of nitrogens with two attached hydrogens (primary N) is 1. The van der Waals surface area contributed by atoms with Crippen molar-refractivity contribution < 1.29 is 9.59 Å². The second-order valence-corrected chi connectivity index (χ2v) is 8.15. The van der Waals surface area contributed by atoms with E-state index in [0.717, 1.165) is 24.2 Å². The van der Waals surface area contributed by atoms with Crippen LogP contribution in [0.1, 0.15) is 33.8 Å². The molecule has 152 valence electrons. The van der Waals surface area contributed by atoms with Gasteiger partial charge in [-0.1, -0.05) is 0 Å². The van der Waals surface area contributed by atoms with E-state index in [1.54, 1.807) is 15.9 Å². The first-order chi connectivity index (χ1) is 13.9. The highest BCUT2D eigenvalue weighted by Gasteiger charge is 2.21. The summed E-state index contributed by atoms with van der Waals surface area (Å²) in [5, 5.41) is 9.02. The highest BCUT2D eigenvalue weighted by Crippen LogP contribution is 2.24. The Balaban J connectivity index is 1.32. The van der Waals surface area contributed by atoms with Gasteiger partial charge in [-0.15, -0.1) is 16.4 Å². The number of nitrogen functional groups attached to an aromatic ring is 1. The normalized spacial score (nSPS) is 13.5. The fourth-order valence-corrected chi connectivity index (χ4v) is 4.52. The van der Waals surface area contributed by atoms with E-state index < -0.39 is 0 Å². The number of hydrogen-bond donors (Lipinski definition) is 2. The zero-order chi connectivity index (χ0) is 20.5. The van der Waals surface area contributed by atoms with Crippen LogP contribution in [0, 0.1) is 13.8 Å². The summed E-state index contributed by atoms with van der Waals surface area (Å²) in [6, 6.07) is 2.08. The standard InChI is InChI=1S/C19H23N7O2S/c1-11-14(12(2)26-19(22-11)23-18(20)24-26)9-16(27)21-6-3-17(28)25-7-4-15-13(10-25)5-8-29-15/h5,8H,3-4,6-7,9-10H2,1-2H3,(H2,20,24)(H,21,27). The Labute approximate surface area is 171 Å². The summed E-state index contributed by atoms with van der Waals surface area (Å²) >= 11 is 1.75. The fourth-order valence-electron chi connectivity index (χ4n) is 3.63. The number of carbonyl (C=O) groups excluding carboxylic acids is 2. The number of aryl methyl sites for hydroxylation is 2. The third-order valence-electron chi connectivity index (χ3n) is 5.22. The molecule has 3 aromatic heterocycles. The van der Waals surface area contributed by atoms with Gasteiger partial charge in [-0.05, 0) is 37.3 Å². The number of nitrogens with zero attached hydrogens (tertiary/aromatic N) is 5. The zero-order valence-electron chi connectivity index (χ0n) is 16.4. The monoisotopic (exact) mass is 413 g/mol. The number of anilines is 1. The van der Waals surface area contributed by atoms with Crippen LogP contribution in [0.2, 0.25) is 0 Å². The predicted octanol–water partition coefficient (Wildman–Crippen LogP) is 1.02. The van der Waals surface area contributed by atoms with E-state index in [4.69, 9.17) is 5.73 Å². The number of carbonyl (C=O) groups is 2. The van der Waals surface area contributed by atoms with Crippen molar-refractivity contribution in [1.29, 1.82) is 0 Å². The van der Waals surface area contributed by atoms with Gasteiger partial charge in [0.1, 0.15) is 0 Å². The minimum atomic E-state index is -0.156. The van der Waals surface area contributed by atoms with Crippen molar-refractivity contribution in [1.82, 2.24) is 29.8 Å². The maximum absolute atomic E-state index is 12.5. The third-order valence-corrected chi connectivity index (χ3v) is 6.25. The second kappa shape index (κ2) is 7.78. The molecule has 29 heavy (non-hydrogen) atoms. The van der Waals surface area contributed by atoms with Crippen molar-refractivity contribution in [2.75, 3.05) is 18.8 Å². The lowest BCUT2D eigenvalue weighted by Gasteiger charge is -2.27. The molecule has 0 radical (unpaired) electrons. The molecule has 2 amide bonds. The van der Waals surface area contributed by atoms with Gasteiger partial charge in [-0.2, -0.15) is 9.50 Å². The van der Waals surface area contributed by atoms with E-state index in [1.807, 2.05) is 18.7 Å². The molecule has 1 aliphatic heterocycles. The van der Waals surface area contributed by atoms with Crippen molar-refractivity contribution in [2.24, 2.45) is 0 Å². The molecule has 3 aromatic rings. The van der Waals surface area contributed by atoms with Crippen LogP contribution >= 0.6 is 11.3 Å². The van der Waals surface area contributed by atoms with Crippen LogP contribution in [0.3, 0.4) is 0 Å². The predicted molar refractivity (Wildman–Crippen MR) is 109 cm³/mol. The Kier molecular flexibility index (Phi) is 5.18. The van der Waals surface area contributed by atoms with Gasteiger partial charge in [0.2, 0.25) is 17.8 Å². The van der Waals surface area contributed by atoms with Crippen molar-refractivity contribution in [3.05, 3.63) is 38.8 Å². The van der Waals surface area contributed by atoms with Gasteiger partial charge in [-0.25, -0.2) is 4.98 Å². The Morgan fingerprint density at radius 2 is 2.14 bits per heavy atom. The molecule has 4 heterocycles. The SMILES string of the molecule is Cc1nc2nc(N)nn2c(C)c1CC(=O)NCCC(=O)N1CCc2sccc2C1. The molecular weight excluding hydrogens is 390 g/mol. The van der Waals surface area contributed by atoms with E-state index in [2.05, 4.69) is 31.8 Å². The van der Waals surface area contributed by atoms with E-state index in [9.17, 15) is 9.59 Å². The first kappa shape index (κ1) is 19.3. The molecule has 4 rings (SSSR count). The number of thiophene rings is 1. The summed E-state index contributed by atoms with van der Waals surface area (Å²) in [7, 11) is 0. The summed E-state index contributed by atoms with van der Waals surface area (Å²) in [6.45, 7) is 5.41. The molecule has 0 aromatic carbocycles. The zero-order valence-corrected chi connectivity index (χ0v) is 17.3. The number of fused-ring (bicyclic) bond motifs is 2. The molecule has 10 heteroatoms. The number of nitrogens with one attached hydrogen (secondary N) is 1. The highest BCUT2D eigenvalue weighted by atomic mass is 32.1. The summed E-state index contributed by atoms with van der Waals surface area (Å²) in [5.41, 5.74) is 9.16. The highest BCUT2D eigenvalue weighted by molar-refractivity contribution is 7.10. The second-order valence-electron chi connectivity index (χ2n) is 7.15. The summed E-state index contributed by atoms with van der Waals surface area (Å²) in [4.78, 5) is 36.5. The Morgan fingerprint density at radius 3 is 2.97 bits per heavy atom. The molecule has 0 saturated carbocycles. The van der Waals surface area contributed by atoms with Crippen LogP contribution in [0.25, 0.3) is 5.78 Å².